The van der Waals surface area contributed by atoms with Crippen LogP contribution in [0.3, 0.4) is 0 Å². The number of rotatable bonds is 3. The zero-order chi connectivity index (χ0) is 14.8. The quantitative estimate of drug-likeness (QED) is 0.848. The highest BCUT2D eigenvalue weighted by molar-refractivity contribution is 7.89. The van der Waals surface area contributed by atoms with Crippen molar-refractivity contribution in [3.8, 4) is 5.75 Å². The lowest BCUT2D eigenvalue weighted by atomic mass is 10.1. The van der Waals surface area contributed by atoms with Crippen LogP contribution in [0.25, 0.3) is 0 Å². The molecular weight excluding hydrogens is 276 g/mol. The van der Waals surface area contributed by atoms with E-state index in [2.05, 4.69) is 4.99 Å². The van der Waals surface area contributed by atoms with Crippen molar-refractivity contribution >= 4 is 21.9 Å². The highest BCUT2D eigenvalue weighted by atomic mass is 32.2. The molecule has 0 aliphatic carbocycles. The number of hydrogen-bond acceptors (Lipinski definition) is 4. The van der Waals surface area contributed by atoms with Crippen molar-refractivity contribution in [2.75, 3.05) is 0 Å². The number of nitrogens with two attached hydrogens (primary N) is 1. The van der Waals surface area contributed by atoms with Crippen molar-refractivity contribution in [3.63, 3.8) is 0 Å². The van der Waals surface area contributed by atoms with Crippen molar-refractivity contribution in [1.82, 2.24) is 0 Å². The number of hydrogen-bond donors (Lipinski definition) is 2. The van der Waals surface area contributed by atoms with Crippen LogP contribution in [-0.2, 0) is 10.0 Å². The van der Waals surface area contributed by atoms with Crippen LogP contribution in [0.4, 0.5) is 5.69 Å². The molecule has 5 nitrogen and oxygen atoms in total. The fraction of sp³-hybridized carbons (Fsp3) is 0.0714. The van der Waals surface area contributed by atoms with Gasteiger partial charge >= 0.3 is 0 Å². The molecule has 0 bridgehead atoms. The molecule has 2 aromatic carbocycles. The first kappa shape index (κ1) is 14.2. The molecule has 6 heteroatoms. The summed E-state index contributed by atoms with van der Waals surface area (Å²) in [6, 6.07) is 11.1. The largest absolute Gasteiger partial charge is 0.507 e. The Labute approximate surface area is 117 Å². The third-order valence-electron chi connectivity index (χ3n) is 2.68. The number of nitrogens with zero attached hydrogens (tertiary/aromatic N) is 1. The molecule has 0 fully saturated rings. The molecule has 0 radical (unpaired) electrons. The number of primary sulfonamides is 1. The van der Waals surface area contributed by atoms with E-state index < -0.39 is 10.0 Å². The maximum atomic E-state index is 11.2. The van der Waals surface area contributed by atoms with Crippen LogP contribution in [0.1, 0.15) is 11.1 Å². The Hall–Kier alpha value is -2.18. The van der Waals surface area contributed by atoms with Crippen molar-refractivity contribution in [2.24, 2.45) is 10.1 Å². The molecule has 0 unspecified atom stereocenters. The lowest BCUT2D eigenvalue weighted by Gasteiger charge is -2.01. The Balaban J connectivity index is 2.35. The van der Waals surface area contributed by atoms with Gasteiger partial charge in [0.2, 0.25) is 10.0 Å². The average molecular weight is 290 g/mol. The first-order valence-corrected chi connectivity index (χ1v) is 7.37. The number of phenols is 1. The molecule has 0 spiro atoms. The Bertz CT molecular complexity index is 768. The minimum absolute atomic E-state index is 0.000569. The number of benzene rings is 2. The second-order valence-electron chi connectivity index (χ2n) is 4.36. The maximum absolute atomic E-state index is 11.2. The van der Waals surface area contributed by atoms with Gasteiger partial charge < -0.3 is 5.11 Å². The van der Waals surface area contributed by atoms with Gasteiger partial charge in [0.1, 0.15) is 5.75 Å². The highest BCUT2D eigenvalue weighted by Gasteiger charge is 2.07. The van der Waals surface area contributed by atoms with Gasteiger partial charge in [0.05, 0.1) is 10.6 Å². The Morgan fingerprint density at radius 1 is 1.20 bits per heavy atom. The molecule has 0 heterocycles. The standard InChI is InChI=1S/C14H14N2O3S/c1-10-5-6-14(17)11(7-10)9-16-12-3-2-4-13(8-12)20(15,18)19/h2-9,17H,1H3,(H2,15,18,19). The van der Waals surface area contributed by atoms with Gasteiger partial charge in [-0.3, -0.25) is 4.99 Å². The van der Waals surface area contributed by atoms with Gasteiger partial charge in [-0.05, 0) is 37.3 Å². The van der Waals surface area contributed by atoms with Crippen LogP contribution in [0.15, 0.2) is 52.4 Å². The number of aryl methyl sites for hydroxylation is 1. The zero-order valence-corrected chi connectivity index (χ0v) is 11.6. The molecule has 2 aromatic rings. The summed E-state index contributed by atoms with van der Waals surface area (Å²) in [5.41, 5.74) is 1.99. The third kappa shape index (κ3) is 3.43. The molecule has 3 N–H and O–H groups in total. The molecule has 0 aliphatic rings. The van der Waals surface area contributed by atoms with Crippen molar-refractivity contribution in [1.29, 1.82) is 0 Å². The van der Waals surface area contributed by atoms with Gasteiger partial charge in [-0.15, -0.1) is 0 Å². The van der Waals surface area contributed by atoms with Crippen LogP contribution in [0.5, 0.6) is 5.75 Å². The molecule has 0 saturated heterocycles. The molecule has 2 rings (SSSR count). The number of phenolic OH excluding ortho intramolecular Hbond substituents is 1. The lowest BCUT2D eigenvalue weighted by molar-refractivity contribution is 0.474. The molecule has 0 amide bonds. The van der Waals surface area contributed by atoms with E-state index in [-0.39, 0.29) is 10.6 Å². The number of sulfonamides is 1. The van der Waals surface area contributed by atoms with E-state index in [4.69, 9.17) is 5.14 Å². The monoisotopic (exact) mass is 290 g/mol. The van der Waals surface area contributed by atoms with E-state index in [9.17, 15) is 13.5 Å². The Morgan fingerprint density at radius 2 is 1.95 bits per heavy atom. The van der Waals surface area contributed by atoms with E-state index in [0.717, 1.165) is 5.56 Å². The van der Waals surface area contributed by atoms with Crippen LogP contribution in [0.2, 0.25) is 0 Å². The summed E-state index contributed by atoms with van der Waals surface area (Å²) in [6.07, 6.45) is 1.48. The molecule has 0 aromatic heterocycles. The number of aromatic hydroxyl groups is 1. The van der Waals surface area contributed by atoms with Gasteiger partial charge in [-0.1, -0.05) is 17.7 Å². The Morgan fingerprint density at radius 3 is 2.65 bits per heavy atom. The number of aliphatic imine (C=N–C) groups is 1. The first-order chi connectivity index (χ1) is 9.36. The summed E-state index contributed by atoms with van der Waals surface area (Å²) in [5.74, 6) is 0.113. The normalized spacial score (nSPS) is 11.9. The van der Waals surface area contributed by atoms with Gasteiger partial charge in [-0.25, -0.2) is 13.6 Å². The second kappa shape index (κ2) is 5.44. The SMILES string of the molecule is Cc1ccc(O)c(C=Nc2cccc(S(N)(=O)=O)c2)c1. The fourth-order valence-electron chi connectivity index (χ4n) is 1.66. The average Bonchev–Trinajstić information content (AvgIpc) is 2.39. The van der Waals surface area contributed by atoms with E-state index >= 15 is 0 Å². The van der Waals surface area contributed by atoms with Crippen molar-refractivity contribution in [2.45, 2.75) is 11.8 Å². The zero-order valence-electron chi connectivity index (χ0n) is 10.8. The minimum Gasteiger partial charge on any atom is -0.507 e. The molecule has 0 atom stereocenters. The molecule has 0 saturated carbocycles. The summed E-state index contributed by atoms with van der Waals surface area (Å²) in [6.45, 7) is 1.90. The van der Waals surface area contributed by atoms with Crippen LogP contribution >= 0.6 is 0 Å². The van der Waals surface area contributed by atoms with Gasteiger partial charge in [-0.2, -0.15) is 0 Å². The van der Waals surface area contributed by atoms with Gasteiger partial charge in [0.15, 0.2) is 0 Å². The minimum atomic E-state index is -3.75. The van der Waals surface area contributed by atoms with E-state index in [1.807, 2.05) is 6.92 Å². The Kier molecular flexibility index (Phi) is 3.87. The van der Waals surface area contributed by atoms with Crippen molar-refractivity contribution in [3.05, 3.63) is 53.6 Å². The topological polar surface area (TPSA) is 92.8 Å². The van der Waals surface area contributed by atoms with Gasteiger partial charge in [0, 0.05) is 11.8 Å². The molecule has 104 valence electrons. The lowest BCUT2D eigenvalue weighted by Crippen LogP contribution is -2.11. The second-order valence-corrected chi connectivity index (χ2v) is 5.92. The predicted octanol–water partition coefficient (Wildman–Crippen LogP) is 2.10. The van der Waals surface area contributed by atoms with Crippen LogP contribution in [-0.4, -0.2) is 19.7 Å². The van der Waals surface area contributed by atoms with E-state index in [0.29, 0.717) is 11.3 Å². The maximum Gasteiger partial charge on any atom is 0.238 e. The summed E-state index contributed by atoms with van der Waals surface area (Å²) < 4.78 is 22.5. The summed E-state index contributed by atoms with van der Waals surface area (Å²) in [7, 11) is -3.75. The molecular formula is C14H14N2O3S. The third-order valence-corrected chi connectivity index (χ3v) is 3.59. The first-order valence-electron chi connectivity index (χ1n) is 5.83. The predicted molar refractivity (Wildman–Crippen MR) is 77.9 cm³/mol. The smallest absolute Gasteiger partial charge is 0.238 e. The molecule has 20 heavy (non-hydrogen) atoms. The summed E-state index contributed by atoms with van der Waals surface area (Å²) in [5, 5.41) is 14.7. The van der Waals surface area contributed by atoms with E-state index in [1.54, 1.807) is 30.3 Å². The molecule has 0 aliphatic heterocycles. The summed E-state index contributed by atoms with van der Waals surface area (Å²) in [4.78, 5) is 4.15. The van der Waals surface area contributed by atoms with Crippen LogP contribution in [0, 0.1) is 6.92 Å². The van der Waals surface area contributed by atoms with E-state index in [1.165, 1.54) is 18.3 Å². The summed E-state index contributed by atoms with van der Waals surface area (Å²) >= 11 is 0. The van der Waals surface area contributed by atoms with Gasteiger partial charge in [0.25, 0.3) is 0 Å². The van der Waals surface area contributed by atoms with Crippen molar-refractivity contribution < 1.29 is 13.5 Å². The fourth-order valence-corrected chi connectivity index (χ4v) is 2.22. The highest BCUT2D eigenvalue weighted by Crippen LogP contribution is 2.20. The van der Waals surface area contributed by atoms with Crippen LogP contribution < -0.4 is 5.14 Å².